The number of rotatable bonds is 6. The number of aryl methyl sites for hydroxylation is 1. The number of nitrogens with one attached hydrogen (secondary N) is 1. The van der Waals surface area contributed by atoms with E-state index in [2.05, 4.69) is 20.3 Å². The number of aliphatic hydroxyl groups is 1. The number of hydrogen-bond acceptors (Lipinski definition) is 7. The summed E-state index contributed by atoms with van der Waals surface area (Å²) in [6.07, 6.45) is 6.08. The molecule has 3 aromatic rings. The van der Waals surface area contributed by atoms with Crippen molar-refractivity contribution in [2.24, 2.45) is 11.8 Å². The second-order valence-electron chi connectivity index (χ2n) is 9.64. The van der Waals surface area contributed by atoms with E-state index < -0.39 is 17.5 Å². The number of thiazole rings is 1. The molecule has 1 aromatic carbocycles. The standard InChI is InChI=1S/C25H27FN4O3S/c1-13-7-16(9-17(8-13)29-24-28-11-19(26)21(30-24)15-3-4-15)20-12-27-23(34-20)25(33)6-5-18(22(31)32)14(2)10-25/h7-9,11-12,14-15,18,33H,3-6,10H2,1-2H3,(H,31,32)(H,28,29,30). The van der Waals surface area contributed by atoms with Gasteiger partial charge >= 0.3 is 5.97 Å². The van der Waals surface area contributed by atoms with Crippen LogP contribution in [0.15, 0.2) is 30.6 Å². The van der Waals surface area contributed by atoms with Crippen molar-refractivity contribution in [2.45, 2.75) is 57.5 Å². The van der Waals surface area contributed by atoms with E-state index in [0.717, 1.165) is 34.5 Å². The molecule has 3 unspecified atom stereocenters. The van der Waals surface area contributed by atoms with Crippen LogP contribution in [0.3, 0.4) is 0 Å². The molecule has 0 aliphatic heterocycles. The van der Waals surface area contributed by atoms with Crippen LogP contribution < -0.4 is 5.32 Å². The zero-order chi connectivity index (χ0) is 24.0. The van der Waals surface area contributed by atoms with Crippen LogP contribution in [0.5, 0.6) is 0 Å². The van der Waals surface area contributed by atoms with Gasteiger partial charge < -0.3 is 15.5 Å². The molecule has 9 heteroatoms. The van der Waals surface area contributed by atoms with Gasteiger partial charge in [0.25, 0.3) is 0 Å². The van der Waals surface area contributed by atoms with E-state index >= 15 is 0 Å². The molecule has 2 fully saturated rings. The van der Waals surface area contributed by atoms with Crippen LogP contribution in [0.1, 0.15) is 61.2 Å². The Morgan fingerprint density at radius 2 is 2.00 bits per heavy atom. The zero-order valence-electron chi connectivity index (χ0n) is 19.1. The van der Waals surface area contributed by atoms with Crippen molar-refractivity contribution in [3.63, 3.8) is 0 Å². The highest BCUT2D eigenvalue weighted by molar-refractivity contribution is 7.15. The van der Waals surface area contributed by atoms with Crippen molar-refractivity contribution in [3.8, 4) is 10.4 Å². The lowest BCUT2D eigenvalue weighted by Gasteiger charge is -2.37. The minimum Gasteiger partial charge on any atom is -0.481 e. The second-order valence-corrected chi connectivity index (χ2v) is 10.7. The first kappa shape index (κ1) is 22.9. The average Bonchev–Trinajstić information content (AvgIpc) is 3.49. The Kier molecular flexibility index (Phi) is 5.85. The lowest BCUT2D eigenvalue weighted by molar-refractivity contribution is -0.148. The molecule has 0 amide bonds. The third-order valence-corrected chi connectivity index (χ3v) is 8.03. The largest absolute Gasteiger partial charge is 0.481 e. The third-order valence-electron chi connectivity index (χ3n) is 6.79. The number of hydrogen-bond donors (Lipinski definition) is 3. The molecule has 3 N–H and O–H groups in total. The zero-order valence-corrected chi connectivity index (χ0v) is 19.9. The topological polar surface area (TPSA) is 108 Å². The Balaban J connectivity index is 1.37. The highest BCUT2D eigenvalue weighted by atomic mass is 32.1. The Morgan fingerprint density at radius 3 is 2.71 bits per heavy atom. The van der Waals surface area contributed by atoms with Gasteiger partial charge in [-0.1, -0.05) is 13.0 Å². The normalized spacial score (nSPS) is 24.7. The molecule has 5 rings (SSSR count). The first-order chi connectivity index (χ1) is 16.2. The molecule has 0 radical (unpaired) electrons. The Morgan fingerprint density at radius 1 is 1.21 bits per heavy atom. The summed E-state index contributed by atoms with van der Waals surface area (Å²) in [4.78, 5) is 25.3. The summed E-state index contributed by atoms with van der Waals surface area (Å²) in [5.74, 6) is -1.17. The molecule has 0 spiro atoms. The maximum Gasteiger partial charge on any atom is 0.306 e. The third kappa shape index (κ3) is 4.54. The first-order valence-electron chi connectivity index (χ1n) is 11.5. The number of carboxylic acid groups (broad SMARTS) is 1. The Hall–Kier alpha value is -2.91. The maximum atomic E-state index is 14.0. The molecule has 7 nitrogen and oxygen atoms in total. The second kappa shape index (κ2) is 8.70. The summed E-state index contributed by atoms with van der Waals surface area (Å²) in [5.41, 5.74) is 2.10. The lowest BCUT2D eigenvalue weighted by Crippen LogP contribution is -2.38. The van der Waals surface area contributed by atoms with Gasteiger partial charge in [-0.15, -0.1) is 11.3 Å². The minimum absolute atomic E-state index is 0.130. The van der Waals surface area contributed by atoms with Crippen LogP contribution in [0.4, 0.5) is 16.0 Å². The smallest absolute Gasteiger partial charge is 0.306 e. The molecule has 2 aliphatic carbocycles. The van der Waals surface area contributed by atoms with E-state index in [-0.39, 0.29) is 17.7 Å². The molecular formula is C25H27FN4O3S. The van der Waals surface area contributed by atoms with Crippen molar-refractivity contribution in [1.82, 2.24) is 15.0 Å². The monoisotopic (exact) mass is 482 g/mol. The number of halogens is 1. The van der Waals surface area contributed by atoms with Gasteiger partial charge in [-0.3, -0.25) is 4.79 Å². The summed E-state index contributed by atoms with van der Waals surface area (Å²) in [6, 6.07) is 5.97. The SMILES string of the molecule is Cc1cc(Nc2ncc(F)c(C3CC3)n2)cc(-c2cnc(C3(O)CCC(C(=O)O)C(C)C3)s2)c1. The molecule has 2 aliphatic rings. The van der Waals surface area contributed by atoms with Crippen molar-refractivity contribution in [2.75, 3.05) is 5.32 Å². The van der Waals surface area contributed by atoms with Gasteiger partial charge in [0.1, 0.15) is 10.6 Å². The predicted octanol–water partition coefficient (Wildman–Crippen LogP) is 5.38. The number of carbonyl (C=O) groups is 1. The Bertz CT molecular complexity index is 1240. The van der Waals surface area contributed by atoms with Crippen molar-refractivity contribution in [1.29, 1.82) is 0 Å². The van der Waals surface area contributed by atoms with Gasteiger partial charge in [0.05, 0.1) is 22.7 Å². The summed E-state index contributed by atoms with van der Waals surface area (Å²) in [5, 5.41) is 24.5. The fourth-order valence-corrected chi connectivity index (χ4v) is 5.88. The Labute approximate surface area is 201 Å². The molecule has 3 atom stereocenters. The molecule has 2 heterocycles. The van der Waals surface area contributed by atoms with E-state index in [9.17, 15) is 19.4 Å². The quantitative estimate of drug-likeness (QED) is 0.433. The van der Waals surface area contributed by atoms with Gasteiger partial charge in [-0.25, -0.2) is 19.3 Å². The molecule has 0 saturated heterocycles. The van der Waals surface area contributed by atoms with E-state index in [4.69, 9.17) is 0 Å². The number of carboxylic acids is 1. The van der Waals surface area contributed by atoms with Crippen LogP contribution >= 0.6 is 11.3 Å². The summed E-state index contributed by atoms with van der Waals surface area (Å²) in [7, 11) is 0. The molecule has 2 saturated carbocycles. The molecule has 34 heavy (non-hydrogen) atoms. The lowest BCUT2D eigenvalue weighted by atomic mass is 9.72. The van der Waals surface area contributed by atoms with Gasteiger partial charge in [-0.2, -0.15) is 0 Å². The minimum atomic E-state index is -1.11. The van der Waals surface area contributed by atoms with Crippen LogP contribution in [0, 0.1) is 24.6 Å². The van der Waals surface area contributed by atoms with Crippen molar-refractivity contribution >= 4 is 28.9 Å². The summed E-state index contributed by atoms with van der Waals surface area (Å²) < 4.78 is 14.0. The molecular weight excluding hydrogens is 455 g/mol. The number of aromatic nitrogens is 3. The highest BCUT2D eigenvalue weighted by Gasteiger charge is 2.43. The number of anilines is 2. The molecule has 0 bridgehead atoms. The van der Waals surface area contributed by atoms with Crippen molar-refractivity contribution in [3.05, 3.63) is 52.7 Å². The predicted molar refractivity (Wildman–Crippen MR) is 128 cm³/mol. The molecule has 2 aromatic heterocycles. The number of benzene rings is 1. The fourth-order valence-electron chi connectivity index (χ4n) is 4.85. The summed E-state index contributed by atoms with van der Waals surface area (Å²) in [6.45, 7) is 3.86. The first-order valence-corrected chi connectivity index (χ1v) is 12.4. The van der Waals surface area contributed by atoms with Gasteiger partial charge in [0, 0.05) is 17.8 Å². The van der Waals surface area contributed by atoms with Gasteiger partial charge in [0.15, 0.2) is 5.82 Å². The van der Waals surface area contributed by atoms with Gasteiger partial charge in [0.2, 0.25) is 5.95 Å². The van der Waals surface area contributed by atoms with Crippen LogP contribution in [0.2, 0.25) is 0 Å². The average molecular weight is 483 g/mol. The van der Waals surface area contributed by atoms with Crippen molar-refractivity contribution < 1.29 is 19.4 Å². The maximum absolute atomic E-state index is 14.0. The van der Waals surface area contributed by atoms with E-state index in [0.29, 0.717) is 35.9 Å². The summed E-state index contributed by atoms with van der Waals surface area (Å²) >= 11 is 1.43. The van der Waals surface area contributed by atoms with Gasteiger partial charge in [-0.05, 0) is 68.2 Å². The van der Waals surface area contributed by atoms with E-state index in [1.54, 1.807) is 6.20 Å². The van der Waals surface area contributed by atoms with Crippen LogP contribution in [-0.2, 0) is 10.4 Å². The molecule has 178 valence electrons. The fraction of sp³-hybridized carbons (Fsp3) is 0.440. The number of aliphatic carboxylic acids is 1. The van der Waals surface area contributed by atoms with E-state index in [1.807, 2.05) is 32.0 Å². The van der Waals surface area contributed by atoms with Crippen LogP contribution in [-0.4, -0.2) is 31.1 Å². The highest BCUT2D eigenvalue weighted by Crippen LogP contribution is 2.45. The van der Waals surface area contributed by atoms with E-state index in [1.165, 1.54) is 17.5 Å². The number of nitrogens with zero attached hydrogens (tertiary/aromatic N) is 3. The van der Waals surface area contributed by atoms with Crippen LogP contribution in [0.25, 0.3) is 10.4 Å².